The Bertz CT molecular complexity index is 723. The number of aliphatic carboxylic acids is 1. The number of carboxylic acid groups (broad SMARTS) is 1. The molecule has 11 heteroatoms. The van der Waals surface area contributed by atoms with Crippen LogP contribution in [0.25, 0.3) is 0 Å². The number of rotatable bonds is 11. The largest absolute Gasteiger partial charge is 0.480 e. The number of carbonyl (C=O) groups is 3. The Kier molecular flexibility index (Phi) is 8.68. The molecule has 0 aliphatic heterocycles. The van der Waals surface area contributed by atoms with Gasteiger partial charge in [0.1, 0.15) is 6.04 Å². The molecule has 0 aliphatic carbocycles. The zero-order valence-electron chi connectivity index (χ0n) is 14.0. The normalized spacial score (nSPS) is 12.2. The Balaban J connectivity index is 2.55. The molecule has 1 atom stereocenters. The van der Waals surface area contributed by atoms with Crippen LogP contribution in [0.5, 0.6) is 0 Å². The van der Waals surface area contributed by atoms with Gasteiger partial charge in [-0.15, -0.1) is 0 Å². The summed E-state index contributed by atoms with van der Waals surface area (Å²) in [4.78, 5) is 34.2. The molecule has 0 unspecified atom stereocenters. The number of nitrogens with one attached hydrogen (secondary N) is 3. The third-order valence-corrected chi connectivity index (χ3v) is 4.69. The van der Waals surface area contributed by atoms with E-state index in [0.29, 0.717) is 13.0 Å². The summed E-state index contributed by atoms with van der Waals surface area (Å²) in [5, 5.41) is 13.8. The second-order valence-corrected chi connectivity index (χ2v) is 7.01. The summed E-state index contributed by atoms with van der Waals surface area (Å²) in [6.07, 6.45) is 0.661. The number of benzene rings is 1. The maximum Gasteiger partial charge on any atom is 0.323 e. The van der Waals surface area contributed by atoms with E-state index in [4.69, 9.17) is 10.8 Å². The number of carboxylic acids is 1. The summed E-state index contributed by atoms with van der Waals surface area (Å²) in [5.41, 5.74) is 5.26. The third kappa shape index (κ3) is 7.59. The van der Waals surface area contributed by atoms with Gasteiger partial charge < -0.3 is 21.5 Å². The van der Waals surface area contributed by atoms with Gasteiger partial charge in [-0.2, -0.15) is 4.72 Å². The van der Waals surface area contributed by atoms with Crippen LogP contribution in [0.2, 0.25) is 0 Å². The van der Waals surface area contributed by atoms with Crippen LogP contribution in [0.15, 0.2) is 35.2 Å². The maximum atomic E-state index is 12.2. The average molecular weight is 386 g/mol. The third-order valence-electron chi connectivity index (χ3n) is 3.21. The lowest BCUT2D eigenvalue weighted by atomic mass is 10.3. The Morgan fingerprint density at radius 2 is 1.73 bits per heavy atom. The second-order valence-electron chi connectivity index (χ2n) is 5.30. The molecule has 1 rings (SSSR count). The molecule has 1 aromatic rings. The molecular weight excluding hydrogens is 364 g/mol. The summed E-state index contributed by atoms with van der Waals surface area (Å²) in [7, 11) is -4.05. The molecule has 6 N–H and O–H groups in total. The highest BCUT2D eigenvalue weighted by atomic mass is 32.2. The van der Waals surface area contributed by atoms with Gasteiger partial charge in [-0.1, -0.05) is 18.2 Å². The van der Waals surface area contributed by atoms with Gasteiger partial charge in [0.2, 0.25) is 21.8 Å². The minimum Gasteiger partial charge on any atom is -0.480 e. The molecule has 10 nitrogen and oxygen atoms in total. The van der Waals surface area contributed by atoms with Gasteiger partial charge in [-0.05, 0) is 25.1 Å². The molecule has 1 aromatic carbocycles. The zero-order chi connectivity index (χ0) is 19.6. The van der Waals surface area contributed by atoms with Gasteiger partial charge in [0.15, 0.2) is 0 Å². The molecule has 0 heterocycles. The van der Waals surface area contributed by atoms with Crippen LogP contribution in [0.3, 0.4) is 0 Å². The molecule has 2 amide bonds. The first-order valence-corrected chi connectivity index (χ1v) is 9.28. The van der Waals surface area contributed by atoms with Crippen molar-refractivity contribution in [2.24, 2.45) is 5.73 Å². The minimum atomic E-state index is -4.05. The SMILES string of the molecule is NCCCC(=O)NCC(=O)NC[C@@H](NS(=O)(=O)c1ccccc1)C(=O)O. The molecule has 144 valence electrons. The standard InChI is InChI=1S/C15H22N4O6S/c16-8-4-7-13(20)18-10-14(21)17-9-12(15(22)23)19-26(24,25)11-5-2-1-3-6-11/h1-3,5-6,12,19H,4,7-10,16H2,(H,17,21)(H,18,20)(H,22,23)/t12-/m1/s1. The number of nitrogens with two attached hydrogens (primary N) is 1. The lowest BCUT2D eigenvalue weighted by Crippen LogP contribution is -2.49. The van der Waals surface area contributed by atoms with Crippen LogP contribution >= 0.6 is 0 Å². The maximum absolute atomic E-state index is 12.2. The highest BCUT2D eigenvalue weighted by molar-refractivity contribution is 7.89. The van der Waals surface area contributed by atoms with E-state index in [-0.39, 0.29) is 23.8 Å². The van der Waals surface area contributed by atoms with Crippen molar-refractivity contribution in [1.29, 1.82) is 0 Å². The van der Waals surface area contributed by atoms with E-state index in [0.717, 1.165) is 0 Å². The van der Waals surface area contributed by atoms with Crippen LogP contribution in [0.1, 0.15) is 12.8 Å². The van der Waals surface area contributed by atoms with Gasteiger partial charge in [-0.3, -0.25) is 14.4 Å². The molecule has 0 spiro atoms. The van der Waals surface area contributed by atoms with E-state index in [9.17, 15) is 22.8 Å². The number of amides is 2. The monoisotopic (exact) mass is 386 g/mol. The Labute approximate surface area is 151 Å². The number of hydrogen-bond acceptors (Lipinski definition) is 6. The fraction of sp³-hybridized carbons (Fsp3) is 0.400. The Hall–Kier alpha value is -2.50. The van der Waals surface area contributed by atoms with Crippen LogP contribution in [-0.4, -0.2) is 57.0 Å². The fourth-order valence-corrected chi connectivity index (χ4v) is 3.05. The van der Waals surface area contributed by atoms with Crippen LogP contribution in [0.4, 0.5) is 0 Å². The average Bonchev–Trinajstić information content (AvgIpc) is 2.62. The highest BCUT2D eigenvalue weighted by Gasteiger charge is 2.25. The predicted octanol–water partition coefficient (Wildman–Crippen LogP) is -1.61. The number of hydrogen-bond donors (Lipinski definition) is 5. The quantitative estimate of drug-likeness (QED) is 0.305. The summed E-state index contributed by atoms with van der Waals surface area (Å²) < 4.78 is 26.3. The van der Waals surface area contributed by atoms with E-state index in [2.05, 4.69) is 10.6 Å². The van der Waals surface area contributed by atoms with Gasteiger partial charge >= 0.3 is 5.97 Å². The van der Waals surface area contributed by atoms with Crippen LogP contribution < -0.4 is 21.1 Å². The van der Waals surface area contributed by atoms with E-state index in [1.165, 1.54) is 24.3 Å². The van der Waals surface area contributed by atoms with Crippen LogP contribution in [-0.2, 0) is 24.4 Å². The summed E-state index contributed by atoms with van der Waals surface area (Å²) in [6, 6.07) is 5.69. The van der Waals surface area contributed by atoms with Crippen molar-refractivity contribution in [3.63, 3.8) is 0 Å². The Morgan fingerprint density at radius 3 is 2.31 bits per heavy atom. The number of carbonyl (C=O) groups excluding carboxylic acids is 2. The topological polar surface area (TPSA) is 168 Å². The first kappa shape index (κ1) is 21.5. The van der Waals surface area contributed by atoms with E-state index in [1.54, 1.807) is 6.07 Å². The summed E-state index contributed by atoms with van der Waals surface area (Å²) in [6.45, 7) is -0.471. The van der Waals surface area contributed by atoms with Crippen molar-refractivity contribution in [3.8, 4) is 0 Å². The molecule has 0 aromatic heterocycles. The van der Waals surface area contributed by atoms with Gasteiger partial charge in [0.25, 0.3) is 0 Å². The number of sulfonamides is 1. The predicted molar refractivity (Wildman–Crippen MR) is 92.5 cm³/mol. The molecule has 26 heavy (non-hydrogen) atoms. The zero-order valence-corrected chi connectivity index (χ0v) is 14.8. The lowest BCUT2D eigenvalue weighted by molar-refractivity contribution is -0.139. The first-order valence-electron chi connectivity index (χ1n) is 7.80. The van der Waals surface area contributed by atoms with Crippen LogP contribution in [0, 0.1) is 0 Å². The lowest BCUT2D eigenvalue weighted by Gasteiger charge is -2.15. The first-order chi connectivity index (χ1) is 12.3. The molecule has 0 saturated carbocycles. The molecule has 0 saturated heterocycles. The van der Waals surface area contributed by atoms with Crippen molar-refractivity contribution >= 4 is 27.8 Å². The molecule has 0 fully saturated rings. The van der Waals surface area contributed by atoms with Crippen molar-refractivity contribution < 1.29 is 27.9 Å². The minimum absolute atomic E-state index is 0.0928. The van der Waals surface area contributed by atoms with Crippen molar-refractivity contribution in [1.82, 2.24) is 15.4 Å². The summed E-state index contributed by atoms with van der Waals surface area (Å²) in [5.74, 6) is -2.45. The van der Waals surface area contributed by atoms with Crippen molar-refractivity contribution in [2.75, 3.05) is 19.6 Å². The van der Waals surface area contributed by atoms with Gasteiger partial charge in [0, 0.05) is 13.0 Å². The smallest absolute Gasteiger partial charge is 0.323 e. The van der Waals surface area contributed by atoms with Gasteiger partial charge in [0.05, 0.1) is 11.4 Å². The fourth-order valence-electron chi connectivity index (χ4n) is 1.84. The summed E-state index contributed by atoms with van der Waals surface area (Å²) >= 11 is 0. The van der Waals surface area contributed by atoms with E-state index in [1.807, 2.05) is 4.72 Å². The Morgan fingerprint density at radius 1 is 1.08 bits per heavy atom. The second kappa shape index (κ2) is 10.5. The van der Waals surface area contributed by atoms with E-state index >= 15 is 0 Å². The molecule has 0 bridgehead atoms. The van der Waals surface area contributed by atoms with Crippen molar-refractivity contribution in [2.45, 2.75) is 23.8 Å². The molecule has 0 radical (unpaired) electrons. The molecule has 0 aliphatic rings. The highest BCUT2D eigenvalue weighted by Crippen LogP contribution is 2.07. The van der Waals surface area contributed by atoms with E-state index < -0.39 is 34.5 Å². The van der Waals surface area contributed by atoms with Crippen molar-refractivity contribution in [3.05, 3.63) is 30.3 Å². The van der Waals surface area contributed by atoms with Gasteiger partial charge in [-0.25, -0.2) is 8.42 Å². The molecular formula is C15H22N4O6S.